The van der Waals surface area contributed by atoms with Crippen LogP contribution in [0.4, 0.5) is 0 Å². The normalized spacial score (nSPS) is 36.5. The molecule has 3 atom stereocenters. The molecule has 3 rings (SSSR count). The van der Waals surface area contributed by atoms with Crippen molar-refractivity contribution in [2.75, 3.05) is 6.61 Å². The summed E-state index contributed by atoms with van der Waals surface area (Å²) in [6.45, 7) is 5.99. The highest BCUT2D eigenvalue weighted by Gasteiger charge is 2.47. The van der Waals surface area contributed by atoms with E-state index in [0.717, 1.165) is 56.2 Å². The second kappa shape index (κ2) is 7.78. The summed E-state index contributed by atoms with van der Waals surface area (Å²) < 4.78 is 0. The molecule has 0 aromatic rings. The number of hydrogen-bond donors (Lipinski definition) is 2. The molecule has 0 radical (unpaired) electrons. The van der Waals surface area contributed by atoms with Gasteiger partial charge < -0.3 is 15.1 Å². The largest absolute Gasteiger partial charge is 0.479 e. The summed E-state index contributed by atoms with van der Waals surface area (Å²) in [7, 11) is 0. The van der Waals surface area contributed by atoms with E-state index in [1.807, 2.05) is 0 Å². The molecule has 142 valence electrons. The maximum atomic E-state index is 10.6. The summed E-state index contributed by atoms with van der Waals surface area (Å²) in [6, 6.07) is 0. The lowest BCUT2D eigenvalue weighted by Gasteiger charge is -2.38. The van der Waals surface area contributed by atoms with Crippen molar-refractivity contribution in [3.05, 3.63) is 35.5 Å². The van der Waals surface area contributed by atoms with Crippen LogP contribution < -0.4 is 0 Å². The molecule has 0 spiro atoms. The fourth-order valence-corrected chi connectivity index (χ4v) is 4.74. The van der Waals surface area contributed by atoms with Crippen molar-refractivity contribution >= 4 is 11.7 Å². The highest BCUT2D eigenvalue weighted by Crippen LogP contribution is 2.52. The van der Waals surface area contributed by atoms with E-state index in [9.17, 15) is 9.90 Å². The molecule has 0 amide bonds. The second-order valence-electron chi connectivity index (χ2n) is 8.00. The predicted molar refractivity (Wildman–Crippen MR) is 101 cm³/mol. The highest BCUT2D eigenvalue weighted by atomic mass is 16.6. The van der Waals surface area contributed by atoms with Gasteiger partial charge in [-0.05, 0) is 62.9 Å². The first kappa shape index (κ1) is 18.9. The van der Waals surface area contributed by atoms with Crippen molar-refractivity contribution in [2.45, 2.75) is 64.4 Å². The zero-order chi connectivity index (χ0) is 18.7. The molecular formula is C21H29NO4. The van der Waals surface area contributed by atoms with E-state index >= 15 is 0 Å². The molecule has 0 heterocycles. The smallest absolute Gasteiger partial charge is 0.344 e. The molecule has 0 aromatic carbocycles. The lowest BCUT2D eigenvalue weighted by atomic mass is 9.66. The average molecular weight is 359 g/mol. The first-order chi connectivity index (χ1) is 12.4. The van der Waals surface area contributed by atoms with Crippen LogP contribution in [0.5, 0.6) is 0 Å². The minimum absolute atomic E-state index is 0.0375. The molecule has 3 aliphatic carbocycles. The average Bonchev–Trinajstić information content (AvgIpc) is 2.92. The van der Waals surface area contributed by atoms with Crippen molar-refractivity contribution in [3.63, 3.8) is 0 Å². The van der Waals surface area contributed by atoms with Gasteiger partial charge in [0.05, 0.1) is 11.8 Å². The van der Waals surface area contributed by atoms with E-state index < -0.39 is 5.97 Å². The van der Waals surface area contributed by atoms with Gasteiger partial charge >= 0.3 is 5.97 Å². The Morgan fingerprint density at radius 2 is 2.15 bits per heavy atom. The predicted octanol–water partition coefficient (Wildman–Crippen LogP) is 4.00. The topological polar surface area (TPSA) is 79.1 Å². The Kier molecular flexibility index (Phi) is 5.66. The van der Waals surface area contributed by atoms with E-state index in [0.29, 0.717) is 12.3 Å². The molecule has 0 aromatic heterocycles. The molecule has 26 heavy (non-hydrogen) atoms. The van der Waals surface area contributed by atoms with Crippen LogP contribution in [-0.2, 0) is 9.63 Å². The minimum Gasteiger partial charge on any atom is -0.479 e. The van der Waals surface area contributed by atoms with E-state index in [1.165, 1.54) is 11.1 Å². The Labute approximate surface area is 155 Å². The molecule has 5 nitrogen and oxygen atoms in total. The third kappa shape index (κ3) is 3.93. The van der Waals surface area contributed by atoms with Crippen LogP contribution >= 0.6 is 0 Å². The zero-order valence-corrected chi connectivity index (χ0v) is 15.5. The van der Waals surface area contributed by atoms with E-state index in [-0.39, 0.29) is 18.1 Å². The van der Waals surface area contributed by atoms with Gasteiger partial charge in [0, 0.05) is 5.41 Å². The maximum absolute atomic E-state index is 10.6. The summed E-state index contributed by atoms with van der Waals surface area (Å²) in [5.41, 5.74) is 4.70. The number of aliphatic carboxylic acids is 1. The zero-order valence-electron chi connectivity index (χ0n) is 15.5. The number of allylic oxidation sites excluding steroid dienone is 4. The quantitative estimate of drug-likeness (QED) is 0.744. The first-order valence-corrected chi connectivity index (χ1v) is 9.57. The number of carboxylic acid groups (broad SMARTS) is 1. The fourth-order valence-electron chi connectivity index (χ4n) is 4.74. The maximum Gasteiger partial charge on any atom is 0.344 e. The van der Waals surface area contributed by atoms with Crippen LogP contribution in [0.25, 0.3) is 0 Å². The number of carbonyl (C=O) groups is 1. The van der Waals surface area contributed by atoms with E-state index in [4.69, 9.17) is 9.94 Å². The molecule has 2 N–H and O–H groups in total. The Morgan fingerprint density at radius 3 is 2.92 bits per heavy atom. The lowest BCUT2D eigenvalue weighted by molar-refractivity contribution is -0.142. The van der Waals surface area contributed by atoms with Gasteiger partial charge in [0.2, 0.25) is 6.61 Å². The Morgan fingerprint density at radius 1 is 1.35 bits per heavy atom. The molecule has 3 fully saturated rings. The highest BCUT2D eigenvalue weighted by molar-refractivity contribution is 5.92. The Hall–Kier alpha value is -1.88. The number of oxime groups is 1. The van der Waals surface area contributed by atoms with Crippen molar-refractivity contribution < 1.29 is 19.8 Å². The van der Waals surface area contributed by atoms with Crippen LogP contribution in [0, 0.1) is 11.3 Å². The number of aliphatic hydroxyl groups excluding tert-OH is 1. The summed E-state index contributed by atoms with van der Waals surface area (Å²) >= 11 is 0. The third-order valence-electron chi connectivity index (χ3n) is 6.26. The molecule has 0 bridgehead atoms. The van der Waals surface area contributed by atoms with Gasteiger partial charge in [0.25, 0.3) is 0 Å². The SMILES string of the molecule is C=C1CC[C@@H](O)C/C1=C/C=C1CCC[C@]2(C)/C(=N/OCC(=O)O)CCC12. The van der Waals surface area contributed by atoms with Gasteiger partial charge in [-0.15, -0.1) is 0 Å². The Bertz CT molecular complexity index is 675. The van der Waals surface area contributed by atoms with E-state index in [2.05, 4.69) is 30.8 Å². The Balaban J connectivity index is 1.77. The number of fused-ring (bicyclic) bond motifs is 1. The summed E-state index contributed by atoms with van der Waals surface area (Å²) in [5, 5.41) is 22.8. The van der Waals surface area contributed by atoms with Gasteiger partial charge in [0.15, 0.2) is 0 Å². The molecule has 3 aliphatic rings. The van der Waals surface area contributed by atoms with Crippen molar-refractivity contribution in [3.8, 4) is 0 Å². The minimum atomic E-state index is -1.00. The van der Waals surface area contributed by atoms with Crippen LogP contribution in [0.1, 0.15) is 58.3 Å². The summed E-state index contributed by atoms with van der Waals surface area (Å²) in [5.74, 6) is -0.568. The first-order valence-electron chi connectivity index (χ1n) is 9.57. The molecule has 1 unspecified atom stereocenters. The van der Waals surface area contributed by atoms with Crippen molar-refractivity contribution in [1.82, 2.24) is 0 Å². The molecule has 3 saturated carbocycles. The summed E-state index contributed by atoms with van der Waals surface area (Å²) in [6.07, 6.45) is 11.7. The van der Waals surface area contributed by atoms with Crippen LogP contribution in [0.2, 0.25) is 0 Å². The fraction of sp³-hybridized carbons (Fsp3) is 0.619. The second-order valence-corrected chi connectivity index (χ2v) is 8.00. The van der Waals surface area contributed by atoms with Crippen LogP contribution in [0.3, 0.4) is 0 Å². The molecule has 0 aliphatic heterocycles. The van der Waals surface area contributed by atoms with E-state index in [1.54, 1.807) is 0 Å². The summed E-state index contributed by atoms with van der Waals surface area (Å²) in [4.78, 5) is 15.7. The van der Waals surface area contributed by atoms with Gasteiger partial charge in [-0.2, -0.15) is 0 Å². The molecule has 0 saturated heterocycles. The van der Waals surface area contributed by atoms with Crippen LogP contribution in [0.15, 0.2) is 40.6 Å². The number of aliphatic hydroxyl groups is 1. The van der Waals surface area contributed by atoms with Crippen molar-refractivity contribution in [1.29, 1.82) is 0 Å². The van der Waals surface area contributed by atoms with Crippen molar-refractivity contribution in [2.24, 2.45) is 16.5 Å². The number of carboxylic acids is 1. The van der Waals surface area contributed by atoms with Gasteiger partial charge in [-0.1, -0.05) is 42.0 Å². The standard InChI is InChI=1S/C21H29NO4/c1-14-5-8-17(23)12-16(14)7-6-15-4-3-11-21(2)18(15)9-10-19(21)22-26-13-20(24)25/h6-7,17-18,23H,1,3-5,8-13H2,2H3,(H,24,25)/b15-6?,16-7-,22-19+/t17-,18?,21+/m1/s1. The number of hydrogen-bond acceptors (Lipinski definition) is 4. The molecular weight excluding hydrogens is 330 g/mol. The monoisotopic (exact) mass is 359 g/mol. The lowest BCUT2D eigenvalue weighted by Crippen LogP contribution is -2.33. The number of rotatable bonds is 4. The molecule has 5 heteroatoms. The van der Waals surface area contributed by atoms with Gasteiger partial charge in [-0.25, -0.2) is 4.79 Å². The van der Waals surface area contributed by atoms with Gasteiger partial charge in [-0.3, -0.25) is 0 Å². The van der Waals surface area contributed by atoms with Gasteiger partial charge in [0.1, 0.15) is 0 Å². The third-order valence-corrected chi connectivity index (χ3v) is 6.26. The van der Waals surface area contributed by atoms with Crippen LogP contribution in [-0.4, -0.2) is 34.6 Å². The number of nitrogens with zero attached hydrogens (tertiary/aromatic N) is 1.